The molecule has 0 unspecified atom stereocenters. The second-order valence-corrected chi connectivity index (χ2v) is 3.41. The molecule has 0 aromatic carbocycles. The molecule has 0 fully saturated rings. The molecule has 14 heavy (non-hydrogen) atoms. The van der Waals surface area contributed by atoms with Gasteiger partial charge in [0.25, 0.3) is 6.43 Å². The number of rotatable bonds is 3. The number of carbonyl (C=O) groups excluding carboxylic acids is 1. The number of halogens is 4. The van der Waals surface area contributed by atoms with Crippen LogP contribution in [0.1, 0.15) is 28.2 Å². The first-order valence-corrected chi connectivity index (χ1v) is 5.08. The topological polar surface area (TPSA) is 30.0 Å². The number of aromatic nitrogens is 1. The first kappa shape index (κ1) is 11.5. The van der Waals surface area contributed by atoms with Crippen LogP contribution < -0.4 is 0 Å². The molecule has 0 radical (unpaired) electrons. The zero-order chi connectivity index (χ0) is 10.7. The first-order valence-electron chi connectivity index (χ1n) is 3.58. The molecule has 76 valence electrons. The average molecular weight is 284 g/mol. The van der Waals surface area contributed by atoms with Crippen molar-refractivity contribution in [1.29, 1.82) is 0 Å². The molecular formula is C8H5BrClF2NO. The van der Waals surface area contributed by atoms with Crippen molar-refractivity contribution in [2.45, 2.75) is 11.8 Å². The van der Waals surface area contributed by atoms with Crippen LogP contribution in [0.5, 0.6) is 0 Å². The Labute approximate surface area is 92.4 Å². The molecule has 0 bridgehead atoms. The van der Waals surface area contributed by atoms with Crippen LogP contribution in [0.25, 0.3) is 0 Å². The van der Waals surface area contributed by atoms with E-state index in [0.717, 1.165) is 0 Å². The Bertz CT molecular complexity index is 359. The van der Waals surface area contributed by atoms with E-state index >= 15 is 0 Å². The molecule has 0 saturated carbocycles. The van der Waals surface area contributed by atoms with Gasteiger partial charge in [0.1, 0.15) is 5.69 Å². The van der Waals surface area contributed by atoms with Crippen LogP contribution in [0, 0.1) is 0 Å². The number of hydrogen-bond donors (Lipinski definition) is 0. The maximum Gasteiger partial charge on any atom is 0.281 e. The molecule has 0 saturated heterocycles. The van der Waals surface area contributed by atoms with Crippen molar-refractivity contribution in [3.63, 3.8) is 0 Å². The fraction of sp³-hybridized carbons (Fsp3) is 0.250. The second kappa shape index (κ2) is 4.79. The number of alkyl halides is 3. The Morgan fingerprint density at radius 3 is 2.71 bits per heavy atom. The van der Waals surface area contributed by atoms with Gasteiger partial charge in [0.15, 0.2) is 6.29 Å². The van der Waals surface area contributed by atoms with Crippen LogP contribution in [-0.2, 0) is 5.33 Å². The lowest BCUT2D eigenvalue weighted by atomic mass is 10.2. The molecule has 1 aromatic rings. The fourth-order valence-electron chi connectivity index (χ4n) is 0.945. The minimum absolute atomic E-state index is 0.000231. The van der Waals surface area contributed by atoms with Gasteiger partial charge in [-0.05, 0) is 6.07 Å². The number of hydrogen-bond acceptors (Lipinski definition) is 2. The molecule has 0 atom stereocenters. The summed E-state index contributed by atoms with van der Waals surface area (Å²) in [7, 11) is 0. The second-order valence-electron chi connectivity index (χ2n) is 2.45. The highest BCUT2D eigenvalue weighted by Crippen LogP contribution is 2.26. The first-order chi connectivity index (χ1) is 6.60. The van der Waals surface area contributed by atoms with E-state index in [1.54, 1.807) is 0 Å². The van der Waals surface area contributed by atoms with Crippen LogP contribution in [0.15, 0.2) is 6.07 Å². The van der Waals surface area contributed by atoms with Gasteiger partial charge in [0.05, 0.1) is 16.3 Å². The van der Waals surface area contributed by atoms with E-state index in [1.807, 2.05) is 0 Å². The van der Waals surface area contributed by atoms with Gasteiger partial charge in [0, 0.05) is 5.33 Å². The number of nitrogens with zero attached hydrogens (tertiary/aromatic N) is 1. The third kappa shape index (κ3) is 2.27. The zero-order valence-corrected chi connectivity index (χ0v) is 9.15. The lowest BCUT2D eigenvalue weighted by molar-refractivity contribution is 0.110. The van der Waals surface area contributed by atoms with E-state index < -0.39 is 12.1 Å². The molecule has 2 nitrogen and oxygen atoms in total. The van der Waals surface area contributed by atoms with Crippen LogP contribution in [0.3, 0.4) is 0 Å². The molecule has 6 heteroatoms. The SMILES string of the molecule is O=Cc1c(Cl)cc(CBr)nc1C(F)F. The number of aldehydes is 1. The summed E-state index contributed by atoms with van der Waals surface area (Å²) < 4.78 is 24.8. The van der Waals surface area contributed by atoms with E-state index in [9.17, 15) is 13.6 Å². The molecule has 0 amide bonds. The van der Waals surface area contributed by atoms with Crippen LogP contribution in [0.4, 0.5) is 8.78 Å². The van der Waals surface area contributed by atoms with E-state index in [2.05, 4.69) is 20.9 Å². The van der Waals surface area contributed by atoms with Crippen molar-refractivity contribution >= 4 is 33.8 Å². The Morgan fingerprint density at radius 2 is 2.29 bits per heavy atom. The average Bonchev–Trinajstić information content (AvgIpc) is 2.16. The molecule has 0 spiro atoms. The summed E-state index contributed by atoms with van der Waals surface area (Å²) in [5, 5.41) is 0.311. The van der Waals surface area contributed by atoms with E-state index in [1.165, 1.54) is 6.07 Å². The third-order valence-corrected chi connectivity index (χ3v) is 2.44. The highest BCUT2D eigenvalue weighted by molar-refractivity contribution is 9.08. The Morgan fingerprint density at radius 1 is 1.64 bits per heavy atom. The van der Waals surface area contributed by atoms with Gasteiger partial charge in [-0.1, -0.05) is 27.5 Å². The minimum atomic E-state index is -2.80. The summed E-state index contributed by atoms with van der Waals surface area (Å²) >= 11 is 8.70. The number of pyridine rings is 1. The summed E-state index contributed by atoms with van der Waals surface area (Å²) in [6.07, 6.45) is -2.51. The summed E-state index contributed by atoms with van der Waals surface area (Å²) in [5.41, 5.74) is -0.441. The van der Waals surface area contributed by atoms with Gasteiger partial charge in [-0.3, -0.25) is 9.78 Å². The Kier molecular flexibility index (Phi) is 3.95. The van der Waals surface area contributed by atoms with Crippen LogP contribution in [0.2, 0.25) is 5.02 Å². The molecule has 0 N–H and O–H groups in total. The maximum atomic E-state index is 12.4. The number of carbonyl (C=O) groups is 1. The molecule has 0 aliphatic heterocycles. The predicted octanol–water partition coefficient (Wildman–Crippen LogP) is 3.38. The molecular weight excluding hydrogens is 279 g/mol. The lowest BCUT2D eigenvalue weighted by Crippen LogP contribution is -2.01. The van der Waals surface area contributed by atoms with Crippen molar-refractivity contribution in [3.8, 4) is 0 Å². The van der Waals surface area contributed by atoms with E-state index in [0.29, 0.717) is 11.0 Å². The van der Waals surface area contributed by atoms with Crippen molar-refractivity contribution in [3.05, 3.63) is 28.0 Å². The van der Waals surface area contributed by atoms with E-state index in [-0.39, 0.29) is 16.9 Å². The highest BCUT2D eigenvalue weighted by atomic mass is 79.9. The summed E-state index contributed by atoms with van der Waals surface area (Å²) in [4.78, 5) is 14.1. The van der Waals surface area contributed by atoms with Gasteiger partial charge in [-0.25, -0.2) is 8.78 Å². The Balaban J connectivity index is 3.35. The Hall–Kier alpha value is -0.550. The summed E-state index contributed by atoms with van der Waals surface area (Å²) in [6.45, 7) is 0. The predicted molar refractivity (Wildman–Crippen MR) is 52.2 cm³/mol. The fourth-order valence-corrected chi connectivity index (χ4v) is 1.50. The minimum Gasteiger partial charge on any atom is -0.298 e. The molecule has 0 aliphatic carbocycles. The van der Waals surface area contributed by atoms with Gasteiger partial charge < -0.3 is 0 Å². The van der Waals surface area contributed by atoms with Gasteiger partial charge >= 0.3 is 0 Å². The van der Waals surface area contributed by atoms with Crippen molar-refractivity contribution < 1.29 is 13.6 Å². The van der Waals surface area contributed by atoms with Gasteiger partial charge in [0.2, 0.25) is 0 Å². The maximum absolute atomic E-state index is 12.4. The molecule has 1 heterocycles. The monoisotopic (exact) mass is 283 g/mol. The lowest BCUT2D eigenvalue weighted by Gasteiger charge is -2.06. The van der Waals surface area contributed by atoms with Gasteiger partial charge in [-0.15, -0.1) is 0 Å². The van der Waals surface area contributed by atoms with Gasteiger partial charge in [-0.2, -0.15) is 0 Å². The molecule has 1 rings (SSSR count). The van der Waals surface area contributed by atoms with E-state index in [4.69, 9.17) is 11.6 Å². The largest absolute Gasteiger partial charge is 0.298 e. The smallest absolute Gasteiger partial charge is 0.281 e. The van der Waals surface area contributed by atoms with Crippen molar-refractivity contribution in [1.82, 2.24) is 4.98 Å². The zero-order valence-electron chi connectivity index (χ0n) is 6.81. The van der Waals surface area contributed by atoms with Crippen molar-refractivity contribution in [2.24, 2.45) is 0 Å². The van der Waals surface area contributed by atoms with Crippen LogP contribution in [-0.4, -0.2) is 11.3 Å². The highest BCUT2D eigenvalue weighted by Gasteiger charge is 2.18. The van der Waals surface area contributed by atoms with Crippen LogP contribution >= 0.6 is 27.5 Å². The molecule has 0 aliphatic rings. The standard InChI is InChI=1S/C8H5BrClF2NO/c9-2-4-1-6(10)5(3-14)7(13-4)8(11)12/h1,3,8H,2H2. The third-order valence-electron chi connectivity index (χ3n) is 1.55. The van der Waals surface area contributed by atoms with Crippen molar-refractivity contribution in [2.75, 3.05) is 0 Å². The summed E-state index contributed by atoms with van der Waals surface area (Å²) in [6, 6.07) is 1.38. The normalized spacial score (nSPS) is 10.6. The quantitative estimate of drug-likeness (QED) is 0.629. The molecule has 1 aromatic heterocycles. The summed E-state index contributed by atoms with van der Waals surface area (Å²) in [5.74, 6) is 0.